The molecule has 0 saturated heterocycles. The molecule has 8 nitrogen and oxygen atoms in total. The standard InChI is InChI=1S/C23H24N6O2/c24-21(30)19-12-26-23(27-17-5-4-14-7-9-31-13-16(14)10-17)29-22(19)28-20-3-1-2-15-11-25-8-6-18(15)20/h1-5,10,12,25H,6-9,11,13H2,(H2,24,30)(H2,26,27,28,29). The van der Waals surface area contributed by atoms with Crippen LogP contribution in [0.2, 0.25) is 0 Å². The smallest absolute Gasteiger partial charge is 0.254 e. The number of benzene rings is 2. The molecule has 5 rings (SSSR count). The van der Waals surface area contributed by atoms with Crippen molar-refractivity contribution in [3.05, 3.63) is 70.4 Å². The summed E-state index contributed by atoms with van der Waals surface area (Å²) in [4.78, 5) is 20.8. The van der Waals surface area contributed by atoms with Crippen molar-refractivity contribution in [1.82, 2.24) is 15.3 Å². The summed E-state index contributed by atoms with van der Waals surface area (Å²) in [6.45, 7) is 3.10. The highest BCUT2D eigenvalue weighted by molar-refractivity contribution is 5.98. The van der Waals surface area contributed by atoms with Crippen LogP contribution in [-0.2, 0) is 30.7 Å². The SMILES string of the molecule is NC(=O)c1cnc(Nc2ccc3c(c2)COCC3)nc1Nc1cccc2c1CCNC2. The highest BCUT2D eigenvalue weighted by Gasteiger charge is 2.17. The second-order valence-corrected chi connectivity index (χ2v) is 7.73. The zero-order valence-electron chi connectivity index (χ0n) is 17.1. The van der Waals surface area contributed by atoms with Crippen molar-refractivity contribution in [2.45, 2.75) is 26.0 Å². The molecule has 0 unspecified atom stereocenters. The number of nitrogens with one attached hydrogen (secondary N) is 3. The molecule has 8 heteroatoms. The Balaban J connectivity index is 1.45. The molecule has 2 aliphatic heterocycles. The first-order valence-corrected chi connectivity index (χ1v) is 10.4. The van der Waals surface area contributed by atoms with Crippen molar-refractivity contribution in [2.75, 3.05) is 23.8 Å². The van der Waals surface area contributed by atoms with E-state index in [0.29, 0.717) is 18.4 Å². The van der Waals surface area contributed by atoms with Crippen LogP contribution in [0, 0.1) is 0 Å². The van der Waals surface area contributed by atoms with E-state index < -0.39 is 5.91 Å². The number of primary amides is 1. The summed E-state index contributed by atoms with van der Waals surface area (Å²) in [6, 6.07) is 12.2. The average Bonchev–Trinajstić information content (AvgIpc) is 2.79. The largest absolute Gasteiger partial charge is 0.376 e. The summed E-state index contributed by atoms with van der Waals surface area (Å²) in [5.74, 6) is 0.195. The summed E-state index contributed by atoms with van der Waals surface area (Å²) in [6.07, 6.45) is 3.28. The van der Waals surface area contributed by atoms with Crippen LogP contribution in [0.5, 0.6) is 0 Å². The van der Waals surface area contributed by atoms with Gasteiger partial charge in [0.25, 0.3) is 5.91 Å². The van der Waals surface area contributed by atoms with Crippen LogP contribution in [0.25, 0.3) is 0 Å². The Labute approximate surface area is 180 Å². The fraction of sp³-hybridized carbons (Fsp3) is 0.261. The lowest BCUT2D eigenvalue weighted by molar-refractivity contribution is 0.100. The molecule has 0 atom stereocenters. The Kier molecular flexibility index (Phi) is 5.23. The lowest BCUT2D eigenvalue weighted by Crippen LogP contribution is -2.24. The second kappa shape index (κ2) is 8.33. The van der Waals surface area contributed by atoms with E-state index in [1.807, 2.05) is 24.3 Å². The van der Waals surface area contributed by atoms with Gasteiger partial charge in [-0.05, 0) is 59.8 Å². The van der Waals surface area contributed by atoms with E-state index >= 15 is 0 Å². The predicted octanol–water partition coefficient (Wildman–Crippen LogP) is 2.78. The molecule has 5 N–H and O–H groups in total. The van der Waals surface area contributed by atoms with Gasteiger partial charge in [-0.2, -0.15) is 4.98 Å². The zero-order valence-corrected chi connectivity index (χ0v) is 17.1. The van der Waals surface area contributed by atoms with E-state index in [1.165, 1.54) is 22.9 Å². The molecule has 1 amide bonds. The van der Waals surface area contributed by atoms with E-state index in [0.717, 1.165) is 49.5 Å². The van der Waals surface area contributed by atoms with Gasteiger partial charge in [0.15, 0.2) is 0 Å². The van der Waals surface area contributed by atoms with Crippen molar-refractivity contribution in [3.8, 4) is 0 Å². The number of ether oxygens (including phenoxy) is 1. The minimum absolute atomic E-state index is 0.246. The molecular formula is C23H24N6O2. The van der Waals surface area contributed by atoms with Crippen LogP contribution in [0.15, 0.2) is 42.6 Å². The minimum Gasteiger partial charge on any atom is -0.376 e. The van der Waals surface area contributed by atoms with Gasteiger partial charge in [-0.15, -0.1) is 0 Å². The fourth-order valence-electron chi connectivity index (χ4n) is 4.07. The lowest BCUT2D eigenvalue weighted by atomic mass is 9.99. The van der Waals surface area contributed by atoms with Crippen LogP contribution in [0.1, 0.15) is 32.6 Å². The number of carbonyl (C=O) groups is 1. The predicted molar refractivity (Wildman–Crippen MR) is 119 cm³/mol. The Morgan fingerprint density at radius 2 is 2.03 bits per heavy atom. The van der Waals surface area contributed by atoms with Gasteiger partial charge in [0, 0.05) is 24.1 Å². The first-order valence-electron chi connectivity index (χ1n) is 10.4. The highest BCUT2D eigenvalue weighted by atomic mass is 16.5. The van der Waals surface area contributed by atoms with Gasteiger partial charge < -0.3 is 26.4 Å². The van der Waals surface area contributed by atoms with Crippen molar-refractivity contribution < 1.29 is 9.53 Å². The number of carbonyl (C=O) groups excluding carboxylic acids is 1. The van der Waals surface area contributed by atoms with Crippen LogP contribution in [0.3, 0.4) is 0 Å². The number of rotatable bonds is 5. The molecule has 0 radical (unpaired) electrons. The molecule has 0 aliphatic carbocycles. The molecule has 2 aliphatic rings. The lowest BCUT2D eigenvalue weighted by Gasteiger charge is -2.21. The number of aromatic nitrogens is 2. The molecule has 2 aromatic carbocycles. The van der Waals surface area contributed by atoms with E-state index in [2.05, 4.69) is 38.1 Å². The maximum Gasteiger partial charge on any atom is 0.254 e. The first-order chi connectivity index (χ1) is 15.2. The quantitative estimate of drug-likeness (QED) is 0.506. The number of nitrogens with zero attached hydrogens (tertiary/aromatic N) is 2. The number of fused-ring (bicyclic) bond motifs is 2. The van der Waals surface area contributed by atoms with Crippen LogP contribution in [0.4, 0.5) is 23.1 Å². The summed E-state index contributed by atoms with van der Waals surface area (Å²) < 4.78 is 5.55. The molecule has 0 bridgehead atoms. The zero-order chi connectivity index (χ0) is 21.2. The molecule has 1 aromatic heterocycles. The van der Waals surface area contributed by atoms with Crippen LogP contribution < -0.4 is 21.7 Å². The minimum atomic E-state index is -0.577. The van der Waals surface area contributed by atoms with Crippen molar-refractivity contribution >= 4 is 29.0 Å². The van der Waals surface area contributed by atoms with Gasteiger partial charge in [-0.1, -0.05) is 18.2 Å². The van der Waals surface area contributed by atoms with Crippen LogP contribution in [-0.4, -0.2) is 29.0 Å². The van der Waals surface area contributed by atoms with Crippen molar-refractivity contribution in [2.24, 2.45) is 5.73 Å². The van der Waals surface area contributed by atoms with Gasteiger partial charge in [0.05, 0.1) is 13.2 Å². The Hall–Kier alpha value is -3.49. The molecule has 3 heterocycles. The number of hydrogen-bond donors (Lipinski definition) is 4. The second-order valence-electron chi connectivity index (χ2n) is 7.73. The van der Waals surface area contributed by atoms with Gasteiger partial charge >= 0.3 is 0 Å². The van der Waals surface area contributed by atoms with E-state index in [4.69, 9.17) is 10.5 Å². The average molecular weight is 416 g/mol. The van der Waals surface area contributed by atoms with Crippen molar-refractivity contribution in [1.29, 1.82) is 0 Å². The van der Waals surface area contributed by atoms with E-state index in [1.54, 1.807) is 0 Å². The summed E-state index contributed by atoms with van der Waals surface area (Å²) in [5.41, 5.74) is 12.5. The summed E-state index contributed by atoms with van der Waals surface area (Å²) in [5, 5.41) is 9.92. The summed E-state index contributed by atoms with van der Waals surface area (Å²) >= 11 is 0. The third-order valence-electron chi connectivity index (χ3n) is 5.68. The van der Waals surface area contributed by atoms with Gasteiger partial charge in [-0.3, -0.25) is 4.79 Å². The third-order valence-corrected chi connectivity index (χ3v) is 5.68. The molecule has 158 valence electrons. The van der Waals surface area contributed by atoms with Gasteiger partial charge in [0.1, 0.15) is 11.4 Å². The van der Waals surface area contributed by atoms with Gasteiger partial charge in [-0.25, -0.2) is 4.98 Å². The van der Waals surface area contributed by atoms with E-state index in [9.17, 15) is 4.79 Å². The highest BCUT2D eigenvalue weighted by Crippen LogP contribution is 2.28. The molecule has 31 heavy (non-hydrogen) atoms. The van der Waals surface area contributed by atoms with Crippen molar-refractivity contribution in [3.63, 3.8) is 0 Å². The fourth-order valence-corrected chi connectivity index (χ4v) is 4.07. The van der Waals surface area contributed by atoms with E-state index in [-0.39, 0.29) is 5.56 Å². The summed E-state index contributed by atoms with van der Waals surface area (Å²) in [7, 11) is 0. The third kappa shape index (κ3) is 4.08. The topological polar surface area (TPSA) is 114 Å². The molecule has 0 fully saturated rings. The van der Waals surface area contributed by atoms with Gasteiger partial charge in [0.2, 0.25) is 5.95 Å². The number of amides is 1. The first kappa shape index (κ1) is 19.5. The number of anilines is 4. The maximum absolute atomic E-state index is 12.0. The Morgan fingerprint density at radius 1 is 1.10 bits per heavy atom. The molecule has 3 aromatic rings. The van der Waals surface area contributed by atoms with Crippen LogP contribution >= 0.6 is 0 Å². The maximum atomic E-state index is 12.0. The molecule has 0 spiro atoms. The monoisotopic (exact) mass is 416 g/mol. The molecule has 0 saturated carbocycles. The Bertz CT molecular complexity index is 1150. The number of nitrogens with two attached hydrogens (primary N) is 1. The normalized spacial score (nSPS) is 15.0. The Morgan fingerprint density at radius 3 is 2.94 bits per heavy atom. The number of hydrogen-bond acceptors (Lipinski definition) is 7. The molecular weight excluding hydrogens is 392 g/mol.